The maximum Gasteiger partial charge on any atom is 0.125 e. The molecule has 4 heteroatoms. The maximum atomic E-state index is 11.4. The maximum absolute atomic E-state index is 11.4. The summed E-state index contributed by atoms with van der Waals surface area (Å²) in [7, 11) is 0. The van der Waals surface area contributed by atoms with Crippen molar-refractivity contribution in [1.82, 2.24) is 5.32 Å². The van der Waals surface area contributed by atoms with Gasteiger partial charge in [0.15, 0.2) is 0 Å². The summed E-state index contributed by atoms with van der Waals surface area (Å²) in [5.74, 6) is 0.575. The van der Waals surface area contributed by atoms with Gasteiger partial charge >= 0.3 is 0 Å². The van der Waals surface area contributed by atoms with Gasteiger partial charge in [-0.1, -0.05) is 38.1 Å². The Labute approximate surface area is 146 Å². The van der Waals surface area contributed by atoms with Crippen molar-refractivity contribution in [3.8, 4) is 0 Å². The molecule has 0 spiro atoms. The normalized spacial score (nSPS) is 30.5. The van der Waals surface area contributed by atoms with Crippen molar-refractivity contribution in [2.45, 2.75) is 77.4 Å². The van der Waals surface area contributed by atoms with E-state index in [0.717, 1.165) is 24.1 Å². The van der Waals surface area contributed by atoms with Crippen molar-refractivity contribution in [1.29, 1.82) is 0 Å². The topological polar surface area (TPSA) is 67.5 Å². The summed E-state index contributed by atoms with van der Waals surface area (Å²) >= 11 is 0. The van der Waals surface area contributed by atoms with Crippen LogP contribution in [0.15, 0.2) is 24.3 Å². The van der Waals surface area contributed by atoms with Gasteiger partial charge in [-0.3, -0.25) is 5.32 Å². The highest BCUT2D eigenvalue weighted by molar-refractivity contribution is 5.40. The molecule has 1 aromatic rings. The molecule has 0 fully saturated rings. The first kappa shape index (κ1) is 19.4. The monoisotopic (exact) mass is 334 g/mol. The second-order valence-electron chi connectivity index (χ2n) is 8.64. The van der Waals surface area contributed by atoms with Gasteiger partial charge in [-0.15, -0.1) is 0 Å². The second kappa shape index (κ2) is 6.75. The Bertz CT molecular complexity index is 563. The molecule has 4 nitrogen and oxygen atoms in total. The average Bonchev–Trinajstić information content (AvgIpc) is 2.43. The van der Waals surface area contributed by atoms with Crippen LogP contribution in [0.1, 0.15) is 59.1 Å². The van der Waals surface area contributed by atoms with E-state index in [-0.39, 0.29) is 11.7 Å². The summed E-state index contributed by atoms with van der Waals surface area (Å²) in [6.07, 6.45) is 1.29. The van der Waals surface area contributed by atoms with Gasteiger partial charge in [0.1, 0.15) is 11.3 Å². The molecule has 0 saturated carbocycles. The Kier molecular flexibility index (Phi) is 5.46. The first-order chi connectivity index (χ1) is 11.0. The zero-order valence-electron chi connectivity index (χ0n) is 16.0. The molecule has 0 amide bonds. The molecular weight excluding hydrogens is 300 g/mol. The first-order valence-electron chi connectivity index (χ1n) is 9.00. The highest BCUT2D eigenvalue weighted by atomic mass is 16.5. The Morgan fingerprint density at radius 1 is 1.33 bits per heavy atom. The Hall–Kier alpha value is -0.940. The standard InChI is InChI=1S/C20H34N2O2/c1-14(2)11-12-22-20(21)16-10-8-7-9-15(16)13-17(19(20,6)23)24-18(3,4)5/h7-10,14,17,22-23H,11-13,21H2,1-6H3/t17-,19+,20+/m1/s1. The van der Waals surface area contributed by atoms with Crippen molar-refractivity contribution < 1.29 is 9.84 Å². The molecule has 0 unspecified atom stereocenters. The van der Waals surface area contributed by atoms with Crippen LogP contribution in [0.3, 0.4) is 0 Å². The van der Waals surface area contributed by atoms with E-state index >= 15 is 0 Å². The molecule has 0 radical (unpaired) electrons. The minimum Gasteiger partial charge on any atom is -0.384 e. The molecule has 2 rings (SSSR count). The molecule has 0 saturated heterocycles. The molecule has 0 aliphatic heterocycles. The molecule has 1 aromatic carbocycles. The lowest BCUT2D eigenvalue weighted by atomic mass is 9.70. The molecule has 4 N–H and O–H groups in total. The van der Waals surface area contributed by atoms with Gasteiger partial charge in [0.05, 0.1) is 11.7 Å². The Morgan fingerprint density at radius 3 is 2.54 bits per heavy atom. The van der Waals surface area contributed by atoms with Gasteiger partial charge in [-0.05, 0) is 57.7 Å². The highest BCUT2D eigenvalue weighted by Crippen LogP contribution is 2.41. The van der Waals surface area contributed by atoms with Crippen LogP contribution >= 0.6 is 0 Å². The molecular formula is C20H34N2O2. The minimum absolute atomic E-state index is 0.347. The molecule has 136 valence electrons. The van der Waals surface area contributed by atoms with Crippen LogP contribution in [0.5, 0.6) is 0 Å². The third-order valence-corrected chi connectivity index (χ3v) is 4.89. The lowest BCUT2D eigenvalue weighted by Gasteiger charge is -2.52. The lowest BCUT2D eigenvalue weighted by molar-refractivity contribution is -0.192. The van der Waals surface area contributed by atoms with Crippen LogP contribution < -0.4 is 11.1 Å². The predicted molar refractivity (Wildman–Crippen MR) is 98.7 cm³/mol. The largest absolute Gasteiger partial charge is 0.384 e. The van der Waals surface area contributed by atoms with Crippen molar-refractivity contribution in [3.05, 3.63) is 35.4 Å². The van der Waals surface area contributed by atoms with Crippen LogP contribution in [0.25, 0.3) is 0 Å². The first-order valence-corrected chi connectivity index (χ1v) is 9.00. The zero-order valence-corrected chi connectivity index (χ0v) is 16.0. The van der Waals surface area contributed by atoms with E-state index in [1.54, 1.807) is 6.92 Å². The molecule has 0 heterocycles. The van der Waals surface area contributed by atoms with Crippen LogP contribution in [0.2, 0.25) is 0 Å². The number of nitrogens with two attached hydrogens (primary N) is 1. The minimum atomic E-state index is -1.22. The fraction of sp³-hybridized carbons (Fsp3) is 0.700. The Balaban J connectivity index is 2.40. The SMILES string of the molecule is CC(C)CCN[C@@]1(N)c2ccccc2C[C@@H](OC(C)(C)C)[C@]1(C)O. The third-order valence-electron chi connectivity index (χ3n) is 4.89. The quantitative estimate of drug-likeness (QED) is 0.724. The molecule has 0 aromatic heterocycles. The van der Waals surface area contributed by atoms with Gasteiger partial charge < -0.3 is 15.6 Å². The van der Waals surface area contributed by atoms with Gasteiger partial charge in [-0.2, -0.15) is 0 Å². The van der Waals surface area contributed by atoms with Crippen molar-refractivity contribution in [3.63, 3.8) is 0 Å². The summed E-state index contributed by atoms with van der Waals surface area (Å²) < 4.78 is 6.20. The number of benzene rings is 1. The molecule has 0 bridgehead atoms. The average molecular weight is 335 g/mol. The summed E-state index contributed by atoms with van der Waals surface area (Å²) in [6.45, 7) is 12.9. The van der Waals surface area contributed by atoms with Gasteiger partial charge in [0.25, 0.3) is 0 Å². The van der Waals surface area contributed by atoms with E-state index in [1.165, 1.54) is 0 Å². The van der Waals surface area contributed by atoms with Gasteiger partial charge in [-0.25, -0.2) is 0 Å². The number of ether oxygens (including phenoxy) is 1. The number of fused-ring (bicyclic) bond motifs is 1. The second-order valence-corrected chi connectivity index (χ2v) is 8.64. The fourth-order valence-electron chi connectivity index (χ4n) is 3.42. The van der Waals surface area contributed by atoms with E-state index in [0.29, 0.717) is 12.3 Å². The highest BCUT2D eigenvalue weighted by Gasteiger charge is 2.55. The molecule has 1 aliphatic rings. The summed E-state index contributed by atoms with van der Waals surface area (Å²) in [5.41, 5.74) is 6.31. The molecule has 24 heavy (non-hydrogen) atoms. The fourth-order valence-corrected chi connectivity index (χ4v) is 3.42. The number of hydrogen-bond acceptors (Lipinski definition) is 4. The zero-order chi connectivity index (χ0) is 18.2. The lowest BCUT2D eigenvalue weighted by Crippen LogP contribution is -2.72. The van der Waals surface area contributed by atoms with Gasteiger partial charge in [0.2, 0.25) is 0 Å². The van der Waals surface area contributed by atoms with Crippen LogP contribution in [0.4, 0.5) is 0 Å². The molecule has 3 atom stereocenters. The van der Waals surface area contributed by atoms with E-state index in [9.17, 15) is 5.11 Å². The van der Waals surface area contributed by atoms with Gasteiger partial charge in [0, 0.05) is 6.42 Å². The summed E-state index contributed by atoms with van der Waals surface area (Å²) in [4.78, 5) is 0. The summed E-state index contributed by atoms with van der Waals surface area (Å²) in [6, 6.07) is 8.09. The smallest absolute Gasteiger partial charge is 0.125 e. The van der Waals surface area contributed by atoms with E-state index in [4.69, 9.17) is 10.5 Å². The van der Waals surface area contributed by atoms with Crippen molar-refractivity contribution >= 4 is 0 Å². The predicted octanol–water partition coefficient (Wildman–Crippen LogP) is 2.92. The third kappa shape index (κ3) is 3.83. The number of rotatable bonds is 5. The van der Waals surface area contributed by atoms with Crippen LogP contribution in [-0.4, -0.2) is 29.0 Å². The van der Waals surface area contributed by atoms with E-state index in [2.05, 4.69) is 25.2 Å². The number of aliphatic hydroxyl groups is 1. The summed E-state index contributed by atoms with van der Waals surface area (Å²) in [5, 5.41) is 14.9. The van der Waals surface area contributed by atoms with E-state index in [1.807, 2.05) is 39.0 Å². The van der Waals surface area contributed by atoms with Crippen LogP contribution in [0, 0.1) is 5.92 Å². The number of hydrogen-bond donors (Lipinski definition) is 3. The van der Waals surface area contributed by atoms with Crippen LogP contribution in [-0.2, 0) is 16.8 Å². The van der Waals surface area contributed by atoms with Crippen molar-refractivity contribution in [2.24, 2.45) is 11.7 Å². The van der Waals surface area contributed by atoms with Crippen molar-refractivity contribution in [2.75, 3.05) is 6.54 Å². The number of nitrogens with one attached hydrogen (secondary N) is 1. The Morgan fingerprint density at radius 2 is 1.96 bits per heavy atom. The van der Waals surface area contributed by atoms with E-state index < -0.39 is 11.3 Å². The molecule has 1 aliphatic carbocycles.